The third kappa shape index (κ3) is 3.31. The van der Waals surface area contributed by atoms with Crippen molar-refractivity contribution in [2.75, 3.05) is 0 Å². The number of amides is 1. The number of furan rings is 1. The molecule has 0 bridgehead atoms. The Morgan fingerprint density at radius 2 is 2.12 bits per heavy atom. The average Bonchev–Trinajstić information content (AvgIpc) is 3.27. The minimum absolute atomic E-state index is 0.0629. The zero-order chi connectivity index (χ0) is 19.1. The molecule has 1 N–H and O–H groups in total. The second-order valence-corrected chi connectivity index (χ2v) is 5.92. The second-order valence-electron chi connectivity index (χ2n) is 5.49. The summed E-state index contributed by atoms with van der Waals surface area (Å²) in [4.78, 5) is 12.3. The first kappa shape index (κ1) is 18.4. The predicted octanol–water partition coefficient (Wildman–Crippen LogP) is 2.60. The fraction of sp³-hybridized carbons (Fsp3) is 0.357. The maximum Gasteiger partial charge on any atom is 0.312 e. The first-order valence-electron chi connectivity index (χ1n) is 7.18. The number of nitrogens with zero attached hydrogens (tertiary/aromatic N) is 4. The topological polar surface area (TPSA) is 83.9 Å². The third-order valence-electron chi connectivity index (χ3n) is 3.62. The lowest BCUT2D eigenvalue weighted by Crippen LogP contribution is -2.51. The Balaban J connectivity index is 1.83. The van der Waals surface area contributed by atoms with Crippen LogP contribution in [0.15, 0.2) is 34.0 Å². The quantitative estimate of drug-likeness (QED) is 0.790. The molecule has 1 amide bonds. The number of alkyl halides is 4. The van der Waals surface area contributed by atoms with Gasteiger partial charge in [0.15, 0.2) is 5.76 Å². The van der Waals surface area contributed by atoms with Crippen LogP contribution >= 0.6 is 11.6 Å². The average molecular weight is 395 g/mol. The maximum absolute atomic E-state index is 13.2. The van der Waals surface area contributed by atoms with Crippen molar-refractivity contribution in [3.8, 4) is 0 Å². The molecule has 3 heterocycles. The van der Waals surface area contributed by atoms with Crippen molar-refractivity contribution in [3.63, 3.8) is 0 Å². The van der Waals surface area contributed by atoms with Crippen LogP contribution in [-0.2, 0) is 6.54 Å². The van der Waals surface area contributed by atoms with Crippen LogP contribution in [0.4, 0.5) is 17.6 Å². The zero-order valence-corrected chi connectivity index (χ0v) is 13.6. The summed E-state index contributed by atoms with van der Waals surface area (Å²) in [7, 11) is 0. The van der Waals surface area contributed by atoms with Gasteiger partial charge >= 0.3 is 5.91 Å². The van der Waals surface area contributed by atoms with E-state index in [1.165, 1.54) is 23.1 Å². The van der Waals surface area contributed by atoms with Crippen molar-refractivity contribution < 1.29 is 31.9 Å². The minimum Gasteiger partial charge on any atom is -0.454 e. The van der Waals surface area contributed by atoms with Crippen LogP contribution in [0.3, 0.4) is 0 Å². The number of halogens is 5. The van der Waals surface area contributed by atoms with Crippen molar-refractivity contribution in [2.45, 2.75) is 31.5 Å². The number of aliphatic hydroxyl groups is 1. The van der Waals surface area contributed by atoms with Crippen LogP contribution in [0.5, 0.6) is 0 Å². The molecule has 0 aromatic carbocycles. The molecule has 12 heteroatoms. The Morgan fingerprint density at radius 1 is 1.38 bits per heavy atom. The molecule has 1 unspecified atom stereocenters. The van der Waals surface area contributed by atoms with Crippen LogP contribution in [0.1, 0.15) is 22.7 Å². The number of carbonyl (C=O) groups excluding carboxylic acids is 1. The van der Waals surface area contributed by atoms with E-state index in [0.717, 1.165) is 6.07 Å². The van der Waals surface area contributed by atoms with E-state index in [1.54, 1.807) is 0 Å². The van der Waals surface area contributed by atoms with E-state index in [9.17, 15) is 27.5 Å². The van der Waals surface area contributed by atoms with Crippen LogP contribution in [0, 0.1) is 0 Å². The molecule has 0 saturated heterocycles. The molecule has 140 valence electrons. The molecule has 2 aromatic rings. The van der Waals surface area contributed by atoms with Gasteiger partial charge in [-0.3, -0.25) is 9.48 Å². The highest BCUT2D eigenvalue weighted by molar-refractivity contribution is 6.30. The van der Waals surface area contributed by atoms with Crippen LogP contribution in [0.25, 0.3) is 0 Å². The molecule has 0 saturated carbocycles. The monoisotopic (exact) mass is 394 g/mol. The predicted molar refractivity (Wildman–Crippen MR) is 80.2 cm³/mol. The molecule has 7 nitrogen and oxygen atoms in total. The number of hydrazone groups is 1. The summed E-state index contributed by atoms with van der Waals surface area (Å²) in [5.74, 6) is -1.49. The first-order chi connectivity index (χ1) is 12.2. The summed E-state index contributed by atoms with van der Waals surface area (Å²) < 4.78 is 58.5. The molecule has 0 spiro atoms. The van der Waals surface area contributed by atoms with Gasteiger partial charge < -0.3 is 9.52 Å². The number of hydrogen-bond donors (Lipinski definition) is 1. The van der Waals surface area contributed by atoms with Crippen molar-refractivity contribution >= 4 is 23.2 Å². The normalized spacial score (nSPS) is 20.3. The Kier molecular flexibility index (Phi) is 4.76. The Bertz CT molecular complexity index is 853. The van der Waals surface area contributed by atoms with Crippen molar-refractivity contribution in [2.24, 2.45) is 5.10 Å². The summed E-state index contributed by atoms with van der Waals surface area (Å²) in [6.45, 7) is 0.0880. The standard InChI is InChI=1S/C14H11ClF4N4O3/c15-7-4-20-22(5-7)6-8-1-2-10(26-8)12(24)23-14(25,13(18)19)3-9(21-23)11(16)17/h1-2,4-5,11,13,25H,3,6H2. The van der Waals surface area contributed by atoms with Crippen molar-refractivity contribution in [1.29, 1.82) is 0 Å². The van der Waals surface area contributed by atoms with Gasteiger partial charge in [-0.1, -0.05) is 11.6 Å². The van der Waals surface area contributed by atoms with Gasteiger partial charge in [-0.05, 0) is 12.1 Å². The van der Waals surface area contributed by atoms with E-state index in [-0.39, 0.29) is 17.3 Å². The molecule has 3 rings (SSSR count). The lowest BCUT2D eigenvalue weighted by Gasteiger charge is -2.29. The lowest BCUT2D eigenvalue weighted by molar-refractivity contribution is -0.164. The number of aromatic nitrogens is 2. The van der Waals surface area contributed by atoms with E-state index in [0.29, 0.717) is 5.02 Å². The Hall–Kier alpha value is -2.40. The molecule has 1 aliphatic heterocycles. The molecule has 1 atom stereocenters. The van der Waals surface area contributed by atoms with Crippen molar-refractivity contribution in [1.82, 2.24) is 14.8 Å². The Morgan fingerprint density at radius 3 is 2.69 bits per heavy atom. The van der Waals surface area contributed by atoms with Crippen molar-refractivity contribution in [3.05, 3.63) is 41.1 Å². The highest BCUT2D eigenvalue weighted by atomic mass is 35.5. The molecule has 0 radical (unpaired) electrons. The number of carbonyl (C=O) groups is 1. The molecule has 26 heavy (non-hydrogen) atoms. The maximum atomic E-state index is 13.2. The smallest absolute Gasteiger partial charge is 0.312 e. The van der Waals surface area contributed by atoms with E-state index >= 15 is 0 Å². The molecule has 2 aromatic heterocycles. The highest BCUT2D eigenvalue weighted by Gasteiger charge is 2.53. The van der Waals surface area contributed by atoms with E-state index < -0.39 is 42.4 Å². The third-order valence-corrected chi connectivity index (χ3v) is 3.82. The summed E-state index contributed by atoms with van der Waals surface area (Å²) >= 11 is 5.72. The van der Waals surface area contributed by atoms with E-state index in [4.69, 9.17) is 16.0 Å². The van der Waals surface area contributed by atoms with Gasteiger partial charge in [-0.2, -0.15) is 15.2 Å². The first-order valence-corrected chi connectivity index (χ1v) is 7.56. The summed E-state index contributed by atoms with van der Waals surface area (Å²) in [6.07, 6.45) is -4.99. The van der Waals surface area contributed by atoms with Gasteiger partial charge in [0.05, 0.1) is 17.8 Å². The number of rotatable bonds is 5. The molecule has 0 aliphatic carbocycles. The zero-order valence-electron chi connectivity index (χ0n) is 12.8. The van der Waals surface area contributed by atoms with Gasteiger partial charge in [-0.15, -0.1) is 0 Å². The second kappa shape index (κ2) is 6.72. The highest BCUT2D eigenvalue weighted by Crippen LogP contribution is 2.34. The number of hydrogen-bond acceptors (Lipinski definition) is 5. The van der Waals surface area contributed by atoms with Crippen LogP contribution in [-0.4, -0.2) is 50.1 Å². The fourth-order valence-electron chi connectivity index (χ4n) is 2.37. The van der Waals surface area contributed by atoms with Gasteiger partial charge in [0.2, 0.25) is 5.72 Å². The summed E-state index contributed by atoms with van der Waals surface area (Å²) in [5, 5.41) is 17.3. The van der Waals surface area contributed by atoms with Gasteiger partial charge in [0, 0.05) is 12.6 Å². The van der Waals surface area contributed by atoms with E-state index in [1.807, 2.05) is 0 Å². The van der Waals surface area contributed by atoms with E-state index in [2.05, 4.69) is 10.2 Å². The lowest BCUT2D eigenvalue weighted by atomic mass is 10.1. The molecular formula is C14H11ClF4N4O3. The van der Waals surface area contributed by atoms with Gasteiger partial charge in [0.25, 0.3) is 12.9 Å². The molecule has 0 fully saturated rings. The summed E-state index contributed by atoms with van der Waals surface area (Å²) in [6, 6.07) is 2.53. The van der Waals surface area contributed by atoms with Crippen LogP contribution < -0.4 is 0 Å². The SMILES string of the molecule is O=C(c1ccc(Cn2cc(Cl)cn2)o1)N1N=C(C(F)F)CC1(O)C(F)F. The Labute approximate surface area is 148 Å². The minimum atomic E-state index is -3.51. The molecular weight excluding hydrogens is 384 g/mol. The van der Waals surface area contributed by atoms with Crippen LogP contribution in [0.2, 0.25) is 5.02 Å². The summed E-state index contributed by atoms with van der Waals surface area (Å²) in [5.41, 5.74) is -4.18. The van der Waals surface area contributed by atoms with Gasteiger partial charge in [0.1, 0.15) is 11.5 Å². The van der Waals surface area contributed by atoms with Gasteiger partial charge in [-0.25, -0.2) is 17.6 Å². The largest absolute Gasteiger partial charge is 0.454 e. The fourth-order valence-corrected chi connectivity index (χ4v) is 2.53. The molecule has 1 aliphatic rings.